The summed E-state index contributed by atoms with van der Waals surface area (Å²) in [7, 11) is 1.29. The Morgan fingerprint density at radius 1 is 1.29 bits per heavy atom. The molecule has 0 radical (unpaired) electrons. The molecule has 2 aliphatic heterocycles. The Morgan fingerprint density at radius 2 is 2.14 bits per heavy atom. The first-order valence-electron chi connectivity index (χ1n) is 9.80. The van der Waals surface area contributed by atoms with Gasteiger partial charge in [-0.25, -0.2) is 14.8 Å². The van der Waals surface area contributed by atoms with E-state index in [2.05, 4.69) is 25.3 Å². The molecule has 1 aromatic heterocycles. The third-order valence-corrected chi connectivity index (χ3v) is 5.20. The van der Waals surface area contributed by atoms with Crippen LogP contribution in [-0.4, -0.2) is 65.4 Å². The molecule has 2 atom stereocenters. The van der Waals surface area contributed by atoms with Crippen LogP contribution >= 0.6 is 0 Å². The number of methoxy groups -OCH3 is 1. The van der Waals surface area contributed by atoms with Crippen LogP contribution in [0.15, 0.2) is 12.3 Å². The average molecular weight is 389 g/mol. The lowest BCUT2D eigenvalue weighted by Gasteiger charge is -2.34. The first-order chi connectivity index (χ1) is 13.6. The summed E-state index contributed by atoms with van der Waals surface area (Å²) in [4.78, 5) is 46.3. The molecule has 9 nitrogen and oxygen atoms in total. The van der Waals surface area contributed by atoms with Gasteiger partial charge < -0.3 is 20.3 Å². The summed E-state index contributed by atoms with van der Waals surface area (Å²) >= 11 is 0. The van der Waals surface area contributed by atoms with E-state index in [4.69, 9.17) is 0 Å². The summed E-state index contributed by atoms with van der Waals surface area (Å²) in [6.07, 6.45) is 6.43. The minimum absolute atomic E-state index is 0.000468. The molecule has 2 N–H and O–H groups in total. The number of amides is 2. The quantitative estimate of drug-likeness (QED) is 0.738. The van der Waals surface area contributed by atoms with Crippen LogP contribution in [0.5, 0.6) is 0 Å². The van der Waals surface area contributed by atoms with Crippen LogP contribution in [0.1, 0.15) is 49.1 Å². The predicted molar refractivity (Wildman–Crippen MR) is 102 cm³/mol. The summed E-state index contributed by atoms with van der Waals surface area (Å²) in [5.41, 5.74) is 0. The van der Waals surface area contributed by atoms with Crippen LogP contribution in [0.2, 0.25) is 0 Å². The lowest BCUT2D eigenvalue weighted by molar-refractivity contribution is -0.140. The largest absolute Gasteiger partial charge is 0.463 e. The summed E-state index contributed by atoms with van der Waals surface area (Å²) in [6.45, 7) is 1.81. The maximum absolute atomic E-state index is 13.0. The van der Waals surface area contributed by atoms with E-state index < -0.39 is 5.97 Å². The molecule has 0 saturated carbocycles. The molecule has 0 bridgehead atoms. The number of carbonyl (C=O) groups is 3. The first-order valence-corrected chi connectivity index (χ1v) is 9.80. The summed E-state index contributed by atoms with van der Waals surface area (Å²) in [5, 5.41) is 6.11. The van der Waals surface area contributed by atoms with Gasteiger partial charge >= 0.3 is 5.97 Å². The third-order valence-electron chi connectivity index (χ3n) is 5.20. The van der Waals surface area contributed by atoms with Crippen molar-refractivity contribution in [2.45, 2.75) is 44.6 Å². The molecule has 2 saturated heterocycles. The molecule has 2 unspecified atom stereocenters. The van der Waals surface area contributed by atoms with E-state index in [-0.39, 0.29) is 36.0 Å². The maximum atomic E-state index is 13.0. The number of rotatable bonds is 4. The second kappa shape index (κ2) is 9.48. The SMILES string of the molecule is COC(=O)c1nccc(NC2CCCCCN(C(=O)C3CCNC(=O)C3)C2)n1. The molecular formula is C19H27N5O4. The van der Waals surface area contributed by atoms with E-state index in [1.807, 2.05) is 4.90 Å². The fourth-order valence-corrected chi connectivity index (χ4v) is 3.73. The van der Waals surface area contributed by atoms with Crippen LogP contribution in [0.4, 0.5) is 5.82 Å². The average Bonchev–Trinajstić information content (AvgIpc) is 2.69. The number of piperidine rings is 1. The van der Waals surface area contributed by atoms with Crippen molar-refractivity contribution in [1.82, 2.24) is 20.2 Å². The third kappa shape index (κ3) is 5.17. The van der Waals surface area contributed by atoms with Gasteiger partial charge in [-0.15, -0.1) is 0 Å². The molecule has 9 heteroatoms. The molecule has 3 heterocycles. The molecule has 2 aliphatic rings. The van der Waals surface area contributed by atoms with Gasteiger partial charge in [-0.3, -0.25) is 9.59 Å². The predicted octanol–water partition coefficient (Wildman–Crippen LogP) is 0.973. The summed E-state index contributed by atoms with van der Waals surface area (Å²) in [5.74, 6) is -0.290. The van der Waals surface area contributed by atoms with Crippen LogP contribution in [-0.2, 0) is 14.3 Å². The van der Waals surface area contributed by atoms with E-state index >= 15 is 0 Å². The zero-order chi connectivity index (χ0) is 19.9. The van der Waals surface area contributed by atoms with Gasteiger partial charge in [-0.1, -0.05) is 12.8 Å². The minimum atomic E-state index is -0.589. The lowest BCUT2D eigenvalue weighted by atomic mass is 9.94. The van der Waals surface area contributed by atoms with Gasteiger partial charge in [0, 0.05) is 44.2 Å². The Labute approximate surface area is 164 Å². The Bertz CT molecular complexity index is 726. The minimum Gasteiger partial charge on any atom is -0.463 e. The van der Waals surface area contributed by atoms with Gasteiger partial charge in [-0.2, -0.15) is 0 Å². The molecule has 0 aromatic carbocycles. The molecular weight excluding hydrogens is 362 g/mol. The van der Waals surface area contributed by atoms with E-state index in [1.165, 1.54) is 13.3 Å². The summed E-state index contributed by atoms with van der Waals surface area (Å²) < 4.78 is 4.66. The molecule has 0 spiro atoms. The number of nitrogens with zero attached hydrogens (tertiary/aromatic N) is 3. The molecule has 2 amide bonds. The number of esters is 1. The van der Waals surface area contributed by atoms with E-state index in [0.29, 0.717) is 31.9 Å². The van der Waals surface area contributed by atoms with Gasteiger partial charge in [0.2, 0.25) is 17.6 Å². The molecule has 0 aliphatic carbocycles. The highest BCUT2D eigenvalue weighted by Crippen LogP contribution is 2.20. The van der Waals surface area contributed by atoms with Crippen molar-refractivity contribution < 1.29 is 19.1 Å². The van der Waals surface area contributed by atoms with Crippen LogP contribution < -0.4 is 10.6 Å². The molecule has 3 rings (SSSR count). The fraction of sp³-hybridized carbons (Fsp3) is 0.632. The Kier molecular flexibility index (Phi) is 6.78. The van der Waals surface area contributed by atoms with E-state index in [9.17, 15) is 14.4 Å². The topological polar surface area (TPSA) is 114 Å². The molecule has 152 valence electrons. The van der Waals surface area contributed by atoms with Crippen LogP contribution in [0.25, 0.3) is 0 Å². The molecule has 1 aromatic rings. The first kappa shape index (κ1) is 20.0. The monoisotopic (exact) mass is 389 g/mol. The Morgan fingerprint density at radius 3 is 2.93 bits per heavy atom. The number of likely N-dealkylation sites (tertiary alicyclic amines) is 1. The summed E-state index contributed by atoms with van der Waals surface area (Å²) in [6, 6.07) is 1.71. The fourth-order valence-electron chi connectivity index (χ4n) is 3.73. The number of hydrogen-bond donors (Lipinski definition) is 2. The highest BCUT2D eigenvalue weighted by Gasteiger charge is 2.31. The van der Waals surface area contributed by atoms with Crippen molar-refractivity contribution in [3.8, 4) is 0 Å². The second-order valence-electron chi connectivity index (χ2n) is 7.27. The van der Waals surface area contributed by atoms with Gasteiger partial charge in [0.1, 0.15) is 5.82 Å². The number of ether oxygens (including phenoxy) is 1. The van der Waals surface area contributed by atoms with Crippen molar-refractivity contribution in [2.24, 2.45) is 5.92 Å². The molecule has 28 heavy (non-hydrogen) atoms. The lowest BCUT2D eigenvalue weighted by Crippen LogP contribution is -2.47. The Balaban J connectivity index is 1.67. The van der Waals surface area contributed by atoms with Gasteiger partial charge in [0.25, 0.3) is 0 Å². The number of hydrogen-bond acceptors (Lipinski definition) is 7. The van der Waals surface area contributed by atoms with Gasteiger partial charge in [-0.05, 0) is 25.3 Å². The number of aromatic nitrogens is 2. The van der Waals surface area contributed by atoms with Crippen molar-refractivity contribution >= 4 is 23.6 Å². The van der Waals surface area contributed by atoms with Crippen molar-refractivity contribution in [3.63, 3.8) is 0 Å². The standard InChI is InChI=1S/C19H27N5O4/c1-28-19(27)17-21-9-7-15(23-17)22-14-5-3-2-4-10-24(12-14)18(26)13-6-8-20-16(25)11-13/h7,9,13-14H,2-6,8,10-12H2,1H3,(H,20,25)(H,21,22,23). The Hall–Kier alpha value is -2.71. The van der Waals surface area contributed by atoms with E-state index in [0.717, 1.165) is 25.7 Å². The highest BCUT2D eigenvalue weighted by molar-refractivity contribution is 5.87. The number of nitrogens with one attached hydrogen (secondary N) is 2. The second-order valence-corrected chi connectivity index (χ2v) is 7.27. The van der Waals surface area contributed by atoms with Crippen molar-refractivity contribution in [1.29, 1.82) is 0 Å². The number of carbonyl (C=O) groups excluding carboxylic acids is 3. The molecule has 2 fully saturated rings. The maximum Gasteiger partial charge on any atom is 0.376 e. The zero-order valence-corrected chi connectivity index (χ0v) is 16.1. The van der Waals surface area contributed by atoms with Gasteiger partial charge in [0.15, 0.2) is 0 Å². The number of anilines is 1. The normalized spacial score (nSPS) is 23.2. The van der Waals surface area contributed by atoms with Crippen LogP contribution in [0, 0.1) is 5.92 Å². The van der Waals surface area contributed by atoms with Crippen molar-refractivity contribution in [3.05, 3.63) is 18.1 Å². The van der Waals surface area contributed by atoms with Gasteiger partial charge in [0.05, 0.1) is 7.11 Å². The van der Waals surface area contributed by atoms with Crippen LogP contribution in [0.3, 0.4) is 0 Å². The van der Waals surface area contributed by atoms with E-state index in [1.54, 1.807) is 6.07 Å². The van der Waals surface area contributed by atoms with Crippen molar-refractivity contribution in [2.75, 3.05) is 32.1 Å². The smallest absolute Gasteiger partial charge is 0.376 e. The highest BCUT2D eigenvalue weighted by atomic mass is 16.5. The zero-order valence-electron chi connectivity index (χ0n) is 16.1.